The number of hydrogen-bond acceptors (Lipinski definition) is 5. The molecule has 1 amide bonds. The van der Waals surface area contributed by atoms with Gasteiger partial charge in [0.2, 0.25) is 5.91 Å². The maximum absolute atomic E-state index is 11.9. The summed E-state index contributed by atoms with van der Waals surface area (Å²) in [5, 5.41) is 7.23. The second kappa shape index (κ2) is 7.46. The van der Waals surface area contributed by atoms with E-state index in [1.54, 1.807) is 0 Å². The van der Waals surface area contributed by atoms with Gasteiger partial charge in [0.05, 0.1) is 30.9 Å². The van der Waals surface area contributed by atoms with Crippen LogP contribution in [0, 0.1) is 0 Å². The molecule has 25 heavy (non-hydrogen) atoms. The molecule has 0 unspecified atom stereocenters. The van der Waals surface area contributed by atoms with Gasteiger partial charge in [-0.15, -0.1) is 0 Å². The third-order valence-corrected chi connectivity index (χ3v) is 6.06. The fourth-order valence-corrected chi connectivity index (χ4v) is 4.52. The number of likely N-dealkylation sites (tertiary alicyclic amines) is 1. The number of nitrogens with one attached hydrogen (secondary N) is 1. The van der Waals surface area contributed by atoms with Crippen LogP contribution in [0.15, 0.2) is 10.6 Å². The molecule has 1 N–H and O–H groups in total. The molecule has 1 aliphatic carbocycles. The van der Waals surface area contributed by atoms with Crippen LogP contribution in [-0.4, -0.2) is 47.8 Å². The first-order chi connectivity index (χ1) is 12.2. The topological polar surface area (TPSA) is 67.6 Å². The van der Waals surface area contributed by atoms with Crippen LogP contribution in [0.3, 0.4) is 0 Å². The van der Waals surface area contributed by atoms with Crippen molar-refractivity contribution in [2.75, 3.05) is 26.2 Å². The second-order valence-corrected chi connectivity index (χ2v) is 7.89. The van der Waals surface area contributed by atoms with Gasteiger partial charge < -0.3 is 14.6 Å². The van der Waals surface area contributed by atoms with Gasteiger partial charge in [0.25, 0.3) is 0 Å². The molecule has 3 fully saturated rings. The van der Waals surface area contributed by atoms with Crippen LogP contribution in [0.4, 0.5) is 0 Å². The van der Waals surface area contributed by atoms with Crippen LogP contribution >= 0.6 is 0 Å². The Bertz CT molecular complexity index is 586. The Kier molecular flexibility index (Phi) is 5.08. The minimum Gasteiger partial charge on any atom is -0.373 e. The molecule has 138 valence electrons. The van der Waals surface area contributed by atoms with E-state index in [-0.39, 0.29) is 11.5 Å². The number of carbonyl (C=O) groups is 1. The number of rotatable bonds is 3. The summed E-state index contributed by atoms with van der Waals surface area (Å²) in [6.45, 7) is 3.94. The number of aromatic nitrogens is 1. The molecule has 1 saturated carbocycles. The summed E-state index contributed by atoms with van der Waals surface area (Å²) in [4.78, 5) is 14.2. The maximum atomic E-state index is 11.9. The Labute approximate surface area is 149 Å². The van der Waals surface area contributed by atoms with Crippen molar-refractivity contribution in [2.24, 2.45) is 0 Å². The van der Waals surface area contributed by atoms with Crippen molar-refractivity contribution in [3.05, 3.63) is 17.5 Å². The molecule has 1 spiro atoms. The Morgan fingerprint density at radius 1 is 1.24 bits per heavy atom. The SMILES string of the molecule is O=C1CC2(CCN(Cc3cc(C4CCCCC4)no3)CC2)OCCN1. The highest BCUT2D eigenvalue weighted by Crippen LogP contribution is 2.34. The van der Waals surface area contributed by atoms with Crippen LogP contribution in [-0.2, 0) is 16.1 Å². The fraction of sp³-hybridized carbons (Fsp3) is 0.789. The average Bonchev–Trinajstić information content (AvgIpc) is 3.02. The van der Waals surface area contributed by atoms with Crippen LogP contribution in [0.2, 0.25) is 0 Å². The molecule has 0 atom stereocenters. The lowest BCUT2D eigenvalue weighted by Gasteiger charge is -2.40. The number of piperidine rings is 1. The first-order valence-corrected chi connectivity index (χ1v) is 9.81. The molecule has 3 heterocycles. The molecule has 1 aromatic rings. The van der Waals surface area contributed by atoms with Crippen molar-refractivity contribution < 1.29 is 14.1 Å². The standard InChI is InChI=1S/C19H29N3O3/c23-18-13-19(24-11-8-20-18)6-9-22(10-7-19)14-16-12-17(21-25-16)15-4-2-1-3-5-15/h12,15H,1-11,13-14H2,(H,20,23). The molecule has 0 bridgehead atoms. The molecule has 4 rings (SSSR count). The first-order valence-electron chi connectivity index (χ1n) is 9.81. The van der Waals surface area contributed by atoms with Gasteiger partial charge in [-0.25, -0.2) is 0 Å². The summed E-state index contributed by atoms with van der Waals surface area (Å²) in [7, 11) is 0. The highest BCUT2D eigenvalue weighted by molar-refractivity contribution is 5.77. The van der Waals surface area contributed by atoms with E-state index in [9.17, 15) is 4.79 Å². The van der Waals surface area contributed by atoms with Crippen LogP contribution in [0.5, 0.6) is 0 Å². The van der Waals surface area contributed by atoms with Gasteiger partial charge in [-0.1, -0.05) is 24.4 Å². The summed E-state index contributed by atoms with van der Waals surface area (Å²) in [5.74, 6) is 1.68. The quantitative estimate of drug-likeness (QED) is 0.910. The van der Waals surface area contributed by atoms with Gasteiger partial charge in [0, 0.05) is 31.6 Å². The van der Waals surface area contributed by atoms with Gasteiger partial charge in [0.1, 0.15) is 0 Å². The van der Waals surface area contributed by atoms with Crippen molar-refractivity contribution in [3.8, 4) is 0 Å². The van der Waals surface area contributed by atoms with Crippen molar-refractivity contribution in [1.29, 1.82) is 0 Å². The van der Waals surface area contributed by atoms with E-state index in [0.29, 0.717) is 25.5 Å². The zero-order chi connectivity index (χ0) is 17.1. The van der Waals surface area contributed by atoms with E-state index in [1.807, 2.05) is 0 Å². The molecule has 6 heteroatoms. The van der Waals surface area contributed by atoms with Crippen LogP contribution < -0.4 is 5.32 Å². The molecule has 0 aromatic carbocycles. The van der Waals surface area contributed by atoms with E-state index in [0.717, 1.165) is 43.9 Å². The molecule has 6 nitrogen and oxygen atoms in total. The molecule has 1 aromatic heterocycles. The Morgan fingerprint density at radius 2 is 2.04 bits per heavy atom. The van der Waals surface area contributed by atoms with E-state index in [1.165, 1.54) is 32.1 Å². The summed E-state index contributed by atoms with van der Waals surface area (Å²) < 4.78 is 11.6. The summed E-state index contributed by atoms with van der Waals surface area (Å²) in [6, 6.07) is 2.16. The second-order valence-electron chi connectivity index (χ2n) is 7.89. The lowest BCUT2D eigenvalue weighted by atomic mass is 9.87. The third kappa shape index (κ3) is 4.06. The average molecular weight is 347 g/mol. The number of hydrogen-bond donors (Lipinski definition) is 1. The largest absolute Gasteiger partial charge is 0.373 e. The smallest absolute Gasteiger partial charge is 0.222 e. The number of carbonyl (C=O) groups excluding carboxylic acids is 1. The van der Waals surface area contributed by atoms with E-state index in [4.69, 9.17) is 9.26 Å². The number of ether oxygens (including phenoxy) is 1. The Hall–Kier alpha value is -1.40. The predicted octanol–water partition coefficient (Wildman–Crippen LogP) is 2.59. The minimum atomic E-state index is -0.258. The van der Waals surface area contributed by atoms with Crippen molar-refractivity contribution in [3.63, 3.8) is 0 Å². The van der Waals surface area contributed by atoms with Crippen molar-refractivity contribution in [2.45, 2.75) is 69.4 Å². The molecular formula is C19H29N3O3. The maximum Gasteiger partial charge on any atom is 0.222 e. The highest BCUT2D eigenvalue weighted by Gasteiger charge is 2.39. The minimum absolute atomic E-state index is 0.123. The lowest BCUT2D eigenvalue weighted by molar-refractivity contribution is -0.128. The zero-order valence-corrected chi connectivity index (χ0v) is 15.0. The Morgan fingerprint density at radius 3 is 2.84 bits per heavy atom. The molecule has 3 aliphatic rings. The zero-order valence-electron chi connectivity index (χ0n) is 15.0. The third-order valence-electron chi connectivity index (χ3n) is 6.06. The van der Waals surface area contributed by atoms with Crippen molar-refractivity contribution in [1.82, 2.24) is 15.4 Å². The van der Waals surface area contributed by atoms with E-state index in [2.05, 4.69) is 21.4 Å². The Balaban J connectivity index is 1.31. The van der Waals surface area contributed by atoms with Gasteiger partial charge >= 0.3 is 0 Å². The highest BCUT2D eigenvalue weighted by atomic mass is 16.5. The summed E-state index contributed by atoms with van der Waals surface area (Å²) in [5.41, 5.74) is 0.887. The summed E-state index contributed by atoms with van der Waals surface area (Å²) >= 11 is 0. The molecule has 2 aliphatic heterocycles. The number of nitrogens with zero attached hydrogens (tertiary/aromatic N) is 2. The summed E-state index contributed by atoms with van der Waals surface area (Å²) in [6.07, 6.45) is 8.79. The van der Waals surface area contributed by atoms with Gasteiger partial charge in [-0.05, 0) is 25.7 Å². The normalized spacial score (nSPS) is 25.7. The molecular weight excluding hydrogens is 318 g/mol. The monoisotopic (exact) mass is 347 g/mol. The van der Waals surface area contributed by atoms with Gasteiger partial charge in [-0.3, -0.25) is 9.69 Å². The predicted molar refractivity (Wildman–Crippen MR) is 93.1 cm³/mol. The van der Waals surface area contributed by atoms with Gasteiger partial charge in [0.15, 0.2) is 5.76 Å². The van der Waals surface area contributed by atoms with E-state index < -0.39 is 0 Å². The fourth-order valence-electron chi connectivity index (χ4n) is 4.52. The molecule has 2 saturated heterocycles. The first kappa shape index (κ1) is 17.0. The van der Waals surface area contributed by atoms with E-state index >= 15 is 0 Å². The van der Waals surface area contributed by atoms with Crippen molar-refractivity contribution >= 4 is 5.91 Å². The van der Waals surface area contributed by atoms with Crippen LogP contribution in [0.25, 0.3) is 0 Å². The molecule has 0 radical (unpaired) electrons. The number of amides is 1. The van der Waals surface area contributed by atoms with Crippen LogP contribution in [0.1, 0.15) is 68.7 Å². The van der Waals surface area contributed by atoms with Gasteiger partial charge in [-0.2, -0.15) is 0 Å². The lowest BCUT2D eigenvalue weighted by Crippen LogP contribution is -2.46.